The average Bonchev–Trinajstić information content (AvgIpc) is 1.41. The molecule has 28 heteroatoms. The van der Waals surface area contributed by atoms with Crippen LogP contribution in [0.1, 0.15) is 302 Å². The summed E-state index contributed by atoms with van der Waals surface area (Å²) >= 11 is 0. The van der Waals surface area contributed by atoms with E-state index in [2.05, 4.69) is 138 Å². The molecule has 33 atom stereocenters. The molecule has 18 rings (SSSR count). The number of piperidine rings is 3. The number of sulfonamides is 3. The van der Waals surface area contributed by atoms with E-state index < -0.39 is 42.1 Å². The number of carbonyl (C=O) groups is 2. The molecular weight excluding hydrogens is 2000 g/mol. The molecule has 12 aliphatic carbocycles. The van der Waals surface area contributed by atoms with Crippen LogP contribution in [0.5, 0.6) is 0 Å². The van der Waals surface area contributed by atoms with Crippen LogP contribution in [0.3, 0.4) is 0 Å². The van der Waals surface area contributed by atoms with E-state index in [0.29, 0.717) is 119 Å². The molecule has 4 amide bonds. The average molecular weight is 2180 g/mol. The van der Waals surface area contributed by atoms with E-state index in [-0.39, 0.29) is 133 Å². The Hall–Kier alpha value is -4.29. The maximum Gasteiger partial charge on any atom is 0.328 e. The first-order valence-corrected chi connectivity index (χ1v) is 58.3. The number of benzene rings is 3. The van der Waals surface area contributed by atoms with Crippen molar-refractivity contribution in [3.63, 3.8) is 0 Å². The van der Waals surface area contributed by atoms with Gasteiger partial charge in [0.25, 0.3) is 20.0 Å². The first-order valence-electron chi connectivity index (χ1n) is 54.3. The van der Waals surface area contributed by atoms with Gasteiger partial charge >= 0.3 is 12.1 Å². The van der Waals surface area contributed by atoms with Crippen LogP contribution >= 0.6 is 0 Å². The molecule has 2 radical (unpaired) electrons. The minimum atomic E-state index is -4.00. The van der Waals surface area contributed by atoms with Crippen molar-refractivity contribution in [1.82, 2.24) is 20.1 Å². The topological polar surface area (TPSA) is 351 Å². The largest absolute Gasteiger partial charge is 0.393 e. The quantitative estimate of drug-likeness (QED) is 0.0285. The van der Waals surface area contributed by atoms with Gasteiger partial charge in [-0.1, -0.05) is 134 Å². The van der Waals surface area contributed by atoms with Crippen LogP contribution in [-0.4, -0.2) is 168 Å². The molecular formula is C109H174BN9O14S3U. The van der Waals surface area contributed by atoms with E-state index in [0.717, 1.165) is 197 Å². The Labute approximate surface area is 851 Å². The fourth-order valence-electron chi connectivity index (χ4n) is 34.6. The van der Waals surface area contributed by atoms with Crippen molar-refractivity contribution in [1.29, 1.82) is 1.34 Å². The third-order valence-corrected chi connectivity index (χ3v) is 44.9. The number of aliphatic hydroxyl groups excluding tert-OH is 5. The summed E-state index contributed by atoms with van der Waals surface area (Å²) in [6.45, 7) is 37.8. The molecule has 3 aliphatic heterocycles. The molecule has 3 aromatic rings. The van der Waals surface area contributed by atoms with Gasteiger partial charge in [0, 0.05) is 109 Å². The summed E-state index contributed by atoms with van der Waals surface area (Å²) in [6.07, 6.45) is 37.3. The second-order valence-corrected chi connectivity index (χ2v) is 52.9. The number of isocyanates is 1. The van der Waals surface area contributed by atoms with E-state index >= 15 is 0 Å². The Morgan fingerprint density at radius 2 is 0.737 bits per heavy atom. The van der Waals surface area contributed by atoms with Crippen LogP contribution in [0, 0.1) is 194 Å². The number of primary sulfonamides is 1. The van der Waals surface area contributed by atoms with Crippen LogP contribution < -0.4 is 39.9 Å². The molecule has 15 fully saturated rings. The molecule has 0 spiro atoms. The molecule has 15 aliphatic rings. The summed E-state index contributed by atoms with van der Waals surface area (Å²) in [5.74, 6) is 9.67. The van der Waals surface area contributed by atoms with Crippen molar-refractivity contribution in [3.8, 4) is 0 Å². The number of urea groups is 2. The number of nitrogens with one attached hydrogen (secondary N) is 4. The van der Waals surface area contributed by atoms with Gasteiger partial charge in [-0.15, -0.1) is 0 Å². The maximum atomic E-state index is 13.1. The normalized spacial score (nSPS) is 39.8. The van der Waals surface area contributed by atoms with E-state index in [1.165, 1.54) is 83.1 Å². The van der Waals surface area contributed by atoms with Gasteiger partial charge in [-0.05, 0) is 405 Å². The van der Waals surface area contributed by atoms with Gasteiger partial charge in [-0.2, -0.15) is 0 Å². The number of anilines is 3. The number of rotatable bonds is 20. The molecule has 23 nitrogen and oxygen atoms in total. The van der Waals surface area contributed by atoms with Crippen molar-refractivity contribution in [2.75, 3.05) is 73.6 Å². The molecule has 3 saturated heterocycles. The molecule has 12 saturated carbocycles. The number of hydrogen-bond acceptors (Lipinski definition) is 18. The van der Waals surface area contributed by atoms with Gasteiger partial charge < -0.3 is 50.9 Å². The van der Waals surface area contributed by atoms with Crippen molar-refractivity contribution in [2.45, 2.75) is 347 Å². The molecule has 0 unspecified atom stereocenters. The van der Waals surface area contributed by atoms with Gasteiger partial charge in [0.1, 0.15) is 0 Å². The van der Waals surface area contributed by atoms with Crippen molar-refractivity contribution < 1.29 is 96.3 Å². The van der Waals surface area contributed by atoms with Crippen LogP contribution in [0.25, 0.3) is 0 Å². The number of nitrogens with zero attached hydrogens (tertiary/aromatic N) is 4. The Morgan fingerprint density at radius 1 is 0.438 bits per heavy atom. The molecule has 3 heterocycles. The first kappa shape index (κ1) is 108. The minimum absolute atomic E-state index is 0. The van der Waals surface area contributed by atoms with E-state index in [1.54, 1.807) is 54.6 Å². The standard InChI is InChI=1S/2C36H57N3O5S.C26H43NO2.C11H16N2O2S.BH.U/c2*1-5-27-31-21-25(40)14-16-36(31,4)30-15-17-35(3)28(12-13-29(35)32(30)33(27)41)23(2)22-37-34(42)38-45(43,44)26-11-9-10-24(20-26)39-18-7-6-8-19-39;1-6-18-22-13-16(2)9-11-26(22,5)21-10-12-25(4)19(17(3)14-27-15-28)7-8-20(25)23(21)24(18)29;12-16(14,15)11-6-4-5-10(9-11)13-7-2-1-3-8-13;;/h2*9-11,20,23,25,27-33,40-41H,5-8,12-19,21-22H2,1-4H3,(H2,37,38,42);16-24,29H,6-14H2,1-5H3;4-6,9H,1-3,7-8H2,(H2,12,14,15);1H;/t2*23-,25-,27-,28-,29+,30+,31+,32+,33-,35-,36-;16-,17-,18-,19-,20+,21+,22+,23+,24-,25-,26-;;;/m111.../s1/i;;;;1D;. The molecule has 137 heavy (non-hydrogen) atoms. The summed E-state index contributed by atoms with van der Waals surface area (Å²) in [5, 5.41) is 67.7. The molecule has 0 aromatic heterocycles. The van der Waals surface area contributed by atoms with Gasteiger partial charge in [-0.3, -0.25) is 0 Å². The summed E-state index contributed by atoms with van der Waals surface area (Å²) in [6, 6.07) is 19.3. The summed E-state index contributed by atoms with van der Waals surface area (Å²) in [4.78, 5) is 47.5. The van der Waals surface area contributed by atoms with E-state index in [1.807, 2.05) is 18.2 Å². The number of carbonyl (C=O) groups excluding carboxylic acids is 3. The van der Waals surface area contributed by atoms with Gasteiger partial charge in [0.2, 0.25) is 16.1 Å². The van der Waals surface area contributed by atoms with E-state index in [4.69, 9.17) is 6.47 Å². The number of hydrogen-bond donors (Lipinski definition) is 10. The second-order valence-electron chi connectivity index (χ2n) is 48.0. The van der Waals surface area contributed by atoms with Crippen LogP contribution in [0.15, 0.2) is 92.5 Å². The van der Waals surface area contributed by atoms with Gasteiger partial charge in [0.15, 0.2) is 0 Å². The number of nitrogens with two attached hydrogens (primary N) is 1. The van der Waals surface area contributed by atoms with Crippen molar-refractivity contribution >= 4 is 73.7 Å². The number of fused-ring (bicyclic) bond motifs is 15. The summed E-state index contributed by atoms with van der Waals surface area (Å²) in [5.41, 5.74) is 3.93. The zero-order valence-electron chi connectivity index (χ0n) is 86.3. The summed E-state index contributed by atoms with van der Waals surface area (Å²) < 4.78 is 84.8. The fourth-order valence-corrected chi connectivity index (χ4v) is 37.0. The second kappa shape index (κ2) is 45.0. The van der Waals surface area contributed by atoms with Crippen LogP contribution in [-0.2, 0) is 34.9 Å². The van der Waals surface area contributed by atoms with Gasteiger partial charge in [-0.25, -0.2) is 59.2 Å². The predicted octanol–water partition coefficient (Wildman–Crippen LogP) is 18.4. The zero-order chi connectivity index (χ0) is 98.9. The first-order chi connectivity index (χ1) is 65.1. The number of aliphatic imine (C=N–C) groups is 1. The zero-order valence-corrected chi connectivity index (χ0v) is 91.9. The van der Waals surface area contributed by atoms with Gasteiger partial charge in [0.05, 0.1) is 51.8 Å². The summed E-state index contributed by atoms with van der Waals surface area (Å²) in [7, 11) is -7.84. The third kappa shape index (κ3) is 22.1. The predicted molar refractivity (Wildman–Crippen MR) is 542 cm³/mol. The van der Waals surface area contributed by atoms with Crippen LogP contribution in [0.2, 0.25) is 0 Å². The maximum absolute atomic E-state index is 13.1. The van der Waals surface area contributed by atoms with E-state index in [9.17, 15) is 65.2 Å². The number of amides is 4. The molecule has 0 bridgehead atoms. The van der Waals surface area contributed by atoms with Crippen molar-refractivity contribution in [3.05, 3.63) is 72.8 Å². The molecule has 764 valence electrons. The Bertz CT molecular complexity index is 4770. The minimum Gasteiger partial charge on any atom is -0.393 e. The monoisotopic (exact) mass is 2180 g/mol. The molecule has 11 N–H and O–H groups in total. The Morgan fingerprint density at radius 3 is 1.07 bits per heavy atom. The Kier molecular flexibility index (Phi) is 35.6. The smallest absolute Gasteiger partial charge is 0.328 e. The SMILES string of the molecule is CC[C@H]1[C@@H](O)[C@@H]2[C@H](CC[C@]3(C)[C@@H]([C@H](C)CN=C=O)CC[C@@H]23)[C@@]2(C)CC[C@@H](C)C[C@@H]12.CC[C@H]1[C@@H](O)[C@@H]2[C@H](CC[C@]3(C)[C@@H]([C@H](C)CNC(=O)NS(=O)(=O)c4cccc(N5CCCCC5)c4)CC[C@@H]23)[C@@]2(C)CC[C@@H](O)C[C@@H]12.CC[C@H]1[C@@H](O)[C@@H]2[C@H](CC[C@]3(C)[C@@H]([C@H](C)CNC(=O)NS(=O)(=O)c4cccc(N5CCCCC5)c4)CC[C@@H]23)[C@@]2(C)CC[C@@H](O)C[C@@H]12.NS(=O)(=O)c1cccc(N2CCCCC2)c1.[2H][B].[U]. The fraction of sp³-hybridized carbons (Fsp3) is 0.807. The molecule has 3 aromatic carbocycles. The van der Waals surface area contributed by atoms with Crippen molar-refractivity contribution in [2.24, 2.45) is 173 Å². The third-order valence-electron chi connectivity index (χ3n) is 41.4. The number of aliphatic hydroxyl groups is 5. The Balaban J connectivity index is 0.000000162. The van der Waals surface area contributed by atoms with Crippen LogP contribution in [0.4, 0.5) is 26.7 Å².